The maximum absolute atomic E-state index is 5.40. The highest BCUT2D eigenvalue weighted by molar-refractivity contribution is 7.80. The van der Waals surface area contributed by atoms with Crippen LogP contribution < -0.4 is 10.6 Å². The normalized spacial score (nSPS) is 19.1. The zero-order valence-corrected chi connectivity index (χ0v) is 16.7. The Balaban J connectivity index is 1.69. The van der Waals surface area contributed by atoms with Gasteiger partial charge < -0.3 is 10.6 Å². The van der Waals surface area contributed by atoms with Crippen LogP contribution in [0.3, 0.4) is 0 Å². The van der Waals surface area contributed by atoms with Crippen molar-refractivity contribution in [2.24, 2.45) is 5.92 Å². The second-order valence-corrected chi connectivity index (χ2v) is 7.67. The van der Waals surface area contributed by atoms with E-state index in [4.69, 9.17) is 17.3 Å². The van der Waals surface area contributed by atoms with Crippen LogP contribution in [0.1, 0.15) is 43.1 Å². The minimum Gasteiger partial charge on any atom is -0.362 e. The number of nitrogens with zero attached hydrogens (tertiary/aromatic N) is 3. The Hall–Kier alpha value is -2.21. The van der Waals surface area contributed by atoms with Gasteiger partial charge in [0.05, 0.1) is 5.69 Å². The van der Waals surface area contributed by atoms with Crippen LogP contribution >= 0.6 is 12.2 Å². The molecule has 1 aliphatic rings. The maximum atomic E-state index is 5.40. The first-order chi connectivity index (χ1) is 12.5. The molecule has 2 heterocycles. The van der Waals surface area contributed by atoms with Crippen molar-refractivity contribution < 1.29 is 0 Å². The molecule has 2 aromatic heterocycles. The fraction of sp³-hybridized carbons (Fsp3) is 0.450. The number of nitrogens with one attached hydrogen (secondary N) is 2. The summed E-state index contributed by atoms with van der Waals surface area (Å²) in [5, 5.41) is 12.1. The molecule has 0 aromatic carbocycles. The van der Waals surface area contributed by atoms with Crippen LogP contribution in [0.25, 0.3) is 5.82 Å². The van der Waals surface area contributed by atoms with Crippen molar-refractivity contribution in [2.75, 3.05) is 6.54 Å². The minimum absolute atomic E-state index is 0.254. The molecule has 26 heavy (non-hydrogen) atoms. The number of hydrogen-bond donors (Lipinski definition) is 2. The summed E-state index contributed by atoms with van der Waals surface area (Å²) in [4.78, 5) is 4.42. The van der Waals surface area contributed by atoms with E-state index in [2.05, 4.69) is 55.5 Å². The van der Waals surface area contributed by atoms with Gasteiger partial charge in [-0.25, -0.2) is 9.67 Å². The molecular formula is C20H27N5S. The highest BCUT2D eigenvalue weighted by Crippen LogP contribution is 2.33. The van der Waals surface area contributed by atoms with E-state index in [1.807, 2.05) is 22.9 Å². The third kappa shape index (κ3) is 4.12. The average Bonchev–Trinajstić information content (AvgIpc) is 3.17. The van der Waals surface area contributed by atoms with E-state index in [0.29, 0.717) is 11.8 Å². The van der Waals surface area contributed by atoms with E-state index >= 15 is 0 Å². The quantitative estimate of drug-likeness (QED) is 0.625. The summed E-state index contributed by atoms with van der Waals surface area (Å²) in [6.45, 7) is 9.43. The van der Waals surface area contributed by atoms with Crippen molar-refractivity contribution in [2.45, 2.75) is 46.1 Å². The summed E-state index contributed by atoms with van der Waals surface area (Å²) < 4.78 is 1.94. The fourth-order valence-electron chi connectivity index (χ4n) is 3.43. The molecule has 2 aromatic rings. The molecule has 3 rings (SSSR count). The van der Waals surface area contributed by atoms with Crippen LogP contribution in [0.2, 0.25) is 0 Å². The van der Waals surface area contributed by atoms with Crippen molar-refractivity contribution >= 4 is 17.3 Å². The van der Waals surface area contributed by atoms with Crippen LogP contribution in [0, 0.1) is 19.8 Å². The lowest BCUT2D eigenvalue weighted by Crippen LogP contribution is -2.41. The summed E-state index contributed by atoms with van der Waals surface area (Å²) in [7, 11) is 0. The van der Waals surface area contributed by atoms with E-state index < -0.39 is 0 Å². The largest absolute Gasteiger partial charge is 0.362 e. The predicted molar refractivity (Wildman–Crippen MR) is 110 cm³/mol. The first-order valence-corrected chi connectivity index (χ1v) is 9.56. The van der Waals surface area contributed by atoms with Gasteiger partial charge in [-0.2, -0.15) is 5.10 Å². The zero-order chi connectivity index (χ0) is 18.7. The number of allylic oxidation sites excluding steroid dienone is 1. The Morgan fingerprint density at radius 1 is 1.31 bits per heavy atom. The molecular weight excluding hydrogens is 342 g/mol. The van der Waals surface area contributed by atoms with E-state index in [-0.39, 0.29) is 6.04 Å². The average molecular weight is 370 g/mol. The van der Waals surface area contributed by atoms with Crippen LogP contribution in [0.4, 0.5) is 0 Å². The van der Waals surface area contributed by atoms with Gasteiger partial charge in [-0.1, -0.05) is 32.1 Å². The molecule has 0 saturated heterocycles. The standard InChI is InChI=1S/C20H27N5S/c1-13(2)12-22-20(26)23-17-9-8-16(11-17)19-14(3)24-25(15(19)4)18-7-5-6-10-21-18/h5-10,13,16-17H,11-12H2,1-4H3,(H2,22,23,26). The summed E-state index contributed by atoms with van der Waals surface area (Å²) in [6.07, 6.45) is 7.26. The smallest absolute Gasteiger partial charge is 0.166 e. The van der Waals surface area contributed by atoms with Crippen molar-refractivity contribution in [1.29, 1.82) is 0 Å². The highest BCUT2D eigenvalue weighted by Gasteiger charge is 2.26. The van der Waals surface area contributed by atoms with Gasteiger partial charge in [0.1, 0.15) is 0 Å². The van der Waals surface area contributed by atoms with Gasteiger partial charge in [-0.05, 0) is 50.5 Å². The highest BCUT2D eigenvalue weighted by atomic mass is 32.1. The number of aromatic nitrogens is 3. The van der Waals surface area contributed by atoms with Crippen molar-refractivity contribution in [3.8, 4) is 5.82 Å². The Bertz CT molecular complexity index is 794. The lowest BCUT2D eigenvalue weighted by Gasteiger charge is -2.18. The Kier molecular flexibility index (Phi) is 5.71. The zero-order valence-electron chi connectivity index (χ0n) is 15.9. The van der Waals surface area contributed by atoms with Gasteiger partial charge in [0.15, 0.2) is 10.9 Å². The number of thiocarbonyl (C=S) groups is 1. The number of pyridine rings is 1. The molecule has 0 spiro atoms. The minimum atomic E-state index is 0.254. The molecule has 5 nitrogen and oxygen atoms in total. The molecule has 0 saturated carbocycles. The number of aryl methyl sites for hydroxylation is 1. The number of rotatable bonds is 5. The maximum Gasteiger partial charge on any atom is 0.166 e. The molecule has 2 N–H and O–H groups in total. The topological polar surface area (TPSA) is 54.8 Å². The van der Waals surface area contributed by atoms with E-state index in [1.54, 1.807) is 6.20 Å². The summed E-state index contributed by atoms with van der Waals surface area (Å²) in [5.74, 6) is 1.78. The molecule has 138 valence electrons. The molecule has 1 aliphatic carbocycles. The van der Waals surface area contributed by atoms with Crippen LogP contribution in [-0.2, 0) is 0 Å². The third-order valence-corrected chi connectivity index (χ3v) is 4.92. The lowest BCUT2D eigenvalue weighted by molar-refractivity contribution is 0.602. The summed E-state index contributed by atoms with van der Waals surface area (Å²) >= 11 is 5.40. The fourth-order valence-corrected chi connectivity index (χ4v) is 3.66. The second-order valence-electron chi connectivity index (χ2n) is 7.27. The molecule has 0 aliphatic heterocycles. The predicted octanol–water partition coefficient (Wildman–Crippen LogP) is 3.42. The lowest BCUT2D eigenvalue weighted by atomic mass is 9.96. The molecule has 0 amide bonds. The summed E-state index contributed by atoms with van der Waals surface area (Å²) in [5.41, 5.74) is 3.50. The molecule has 2 atom stereocenters. The van der Waals surface area contributed by atoms with Gasteiger partial charge >= 0.3 is 0 Å². The van der Waals surface area contributed by atoms with Crippen LogP contribution in [0.15, 0.2) is 36.5 Å². The van der Waals surface area contributed by atoms with Crippen molar-refractivity contribution in [3.63, 3.8) is 0 Å². The van der Waals surface area contributed by atoms with E-state index in [1.165, 1.54) is 5.56 Å². The SMILES string of the molecule is Cc1nn(-c2ccccn2)c(C)c1C1C=CC(NC(=S)NCC(C)C)C1. The Labute approximate surface area is 160 Å². The first-order valence-electron chi connectivity index (χ1n) is 9.16. The molecule has 6 heteroatoms. The van der Waals surface area contributed by atoms with Gasteiger partial charge in [0, 0.05) is 36.0 Å². The van der Waals surface area contributed by atoms with Crippen molar-refractivity contribution in [3.05, 3.63) is 53.5 Å². The Morgan fingerprint density at radius 2 is 2.12 bits per heavy atom. The molecule has 2 unspecified atom stereocenters. The van der Waals surface area contributed by atoms with E-state index in [0.717, 1.165) is 35.3 Å². The van der Waals surface area contributed by atoms with Crippen molar-refractivity contribution in [1.82, 2.24) is 25.4 Å². The van der Waals surface area contributed by atoms with Crippen LogP contribution in [-0.4, -0.2) is 32.5 Å². The monoisotopic (exact) mass is 369 g/mol. The third-order valence-electron chi connectivity index (χ3n) is 4.66. The van der Waals surface area contributed by atoms with Gasteiger partial charge in [-0.3, -0.25) is 0 Å². The van der Waals surface area contributed by atoms with E-state index in [9.17, 15) is 0 Å². The molecule has 0 fully saturated rings. The number of hydrogen-bond acceptors (Lipinski definition) is 3. The van der Waals surface area contributed by atoms with Gasteiger partial charge in [0.25, 0.3) is 0 Å². The summed E-state index contributed by atoms with van der Waals surface area (Å²) in [6, 6.07) is 6.14. The molecule has 0 radical (unpaired) electrons. The molecule has 0 bridgehead atoms. The van der Waals surface area contributed by atoms with Gasteiger partial charge in [-0.15, -0.1) is 0 Å². The Morgan fingerprint density at radius 3 is 2.81 bits per heavy atom. The first kappa shape index (κ1) is 18.6. The van der Waals surface area contributed by atoms with Gasteiger partial charge in [0.2, 0.25) is 0 Å². The second kappa shape index (κ2) is 7.99. The van der Waals surface area contributed by atoms with Crippen LogP contribution in [0.5, 0.6) is 0 Å².